The van der Waals surface area contributed by atoms with E-state index in [1.807, 2.05) is 0 Å². The molecule has 0 aliphatic carbocycles. The third-order valence-electron chi connectivity index (χ3n) is 3.65. The number of nitrogens with zero attached hydrogens (tertiary/aromatic N) is 1. The molecule has 5 nitrogen and oxygen atoms in total. The zero-order valence-electron chi connectivity index (χ0n) is 11.1. The second-order valence-corrected chi connectivity index (χ2v) is 5.11. The first-order valence-corrected chi connectivity index (χ1v) is 7.18. The van der Waals surface area contributed by atoms with E-state index in [1.54, 1.807) is 0 Å². The van der Waals surface area contributed by atoms with Crippen molar-refractivity contribution < 1.29 is 9.53 Å². The van der Waals surface area contributed by atoms with Gasteiger partial charge in [0.05, 0.1) is 6.61 Å². The van der Waals surface area contributed by atoms with Crippen LogP contribution in [0.3, 0.4) is 0 Å². The Morgan fingerprint density at radius 3 is 2.72 bits per heavy atom. The van der Waals surface area contributed by atoms with Gasteiger partial charge in [-0.05, 0) is 25.9 Å². The molecule has 0 aromatic carbocycles. The molecule has 18 heavy (non-hydrogen) atoms. The Labute approximate surface area is 109 Å². The minimum atomic E-state index is -0.303. The first-order chi connectivity index (χ1) is 8.86. The van der Waals surface area contributed by atoms with Crippen molar-refractivity contribution in [3.05, 3.63) is 0 Å². The lowest BCUT2D eigenvalue weighted by molar-refractivity contribution is -0.134. The molecule has 2 rings (SSSR count). The SMILES string of the molecule is O=C(NCCN1CCCCCC1)C1CNCCO1. The molecular weight excluding hydrogens is 230 g/mol. The maximum absolute atomic E-state index is 11.8. The van der Waals surface area contributed by atoms with Crippen molar-refractivity contribution in [2.24, 2.45) is 0 Å². The zero-order chi connectivity index (χ0) is 12.6. The third-order valence-corrected chi connectivity index (χ3v) is 3.65. The Morgan fingerprint density at radius 1 is 1.28 bits per heavy atom. The average molecular weight is 255 g/mol. The van der Waals surface area contributed by atoms with Gasteiger partial charge in [0.15, 0.2) is 0 Å². The van der Waals surface area contributed by atoms with Gasteiger partial charge in [-0.15, -0.1) is 0 Å². The summed E-state index contributed by atoms with van der Waals surface area (Å²) in [6, 6.07) is 0. The average Bonchev–Trinajstić information content (AvgIpc) is 2.68. The molecule has 2 aliphatic rings. The highest BCUT2D eigenvalue weighted by Gasteiger charge is 2.21. The predicted molar refractivity (Wildman–Crippen MR) is 70.5 cm³/mol. The molecule has 0 saturated carbocycles. The van der Waals surface area contributed by atoms with Crippen molar-refractivity contribution in [3.63, 3.8) is 0 Å². The maximum atomic E-state index is 11.8. The van der Waals surface area contributed by atoms with Crippen LogP contribution in [0.2, 0.25) is 0 Å². The summed E-state index contributed by atoms with van der Waals surface area (Å²) in [6.07, 6.45) is 4.99. The van der Waals surface area contributed by atoms with Gasteiger partial charge in [-0.1, -0.05) is 12.8 Å². The van der Waals surface area contributed by atoms with Crippen molar-refractivity contribution in [1.82, 2.24) is 15.5 Å². The van der Waals surface area contributed by atoms with Gasteiger partial charge in [0.2, 0.25) is 0 Å². The standard InChI is InChI=1S/C13H25N3O2/c17-13(12-11-14-6-10-18-12)15-5-9-16-7-3-1-2-4-8-16/h12,14H,1-11H2,(H,15,17). The highest BCUT2D eigenvalue weighted by molar-refractivity contribution is 5.81. The predicted octanol–water partition coefficient (Wildman–Crippen LogP) is -0.0330. The molecule has 1 atom stereocenters. The molecule has 0 bridgehead atoms. The van der Waals surface area contributed by atoms with Crippen LogP contribution in [0.4, 0.5) is 0 Å². The molecule has 0 aromatic heterocycles. The van der Waals surface area contributed by atoms with Crippen LogP contribution in [-0.4, -0.2) is 62.8 Å². The quantitative estimate of drug-likeness (QED) is 0.740. The summed E-state index contributed by atoms with van der Waals surface area (Å²) in [5.74, 6) is 0.0250. The van der Waals surface area contributed by atoms with Crippen LogP contribution in [0.1, 0.15) is 25.7 Å². The molecular formula is C13H25N3O2. The monoisotopic (exact) mass is 255 g/mol. The number of likely N-dealkylation sites (tertiary alicyclic amines) is 1. The third kappa shape index (κ3) is 4.55. The van der Waals surface area contributed by atoms with E-state index < -0.39 is 0 Å². The first kappa shape index (κ1) is 13.8. The smallest absolute Gasteiger partial charge is 0.250 e. The van der Waals surface area contributed by atoms with Crippen molar-refractivity contribution in [2.75, 3.05) is 45.9 Å². The number of morpholine rings is 1. The number of nitrogens with one attached hydrogen (secondary N) is 2. The number of rotatable bonds is 4. The summed E-state index contributed by atoms with van der Waals surface area (Å²) in [5.41, 5.74) is 0. The normalized spacial score (nSPS) is 26.6. The number of amides is 1. The van der Waals surface area contributed by atoms with Gasteiger partial charge in [-0.3, -0.25) is 4.79 Å². The summed E-state index contributed by atoms with van der Waals surface area (Å²) in [7, 11) is 0. The van der Waals surface area contributed by atoms with E-state index in [2.05, 4.69) is 15.5 Å². The summed E-state index contributed by atoms with van der Waals surface area (Å²) < 4.78 is 5.41. The fourth-order valence-corrected chi connectivity index (χ4v) is 2.54. The fourth-order valence-electron chi connectivity index (χ4n) is 2.54. The van der Waals surface area contributed by atoms with Crippen LogP contribution >= 0.6 is 0 Å². The van der Waals surface area contributed by atoms with Crippen molar-refractivity contribution in [1.29, 1.82) is 0 Å². The molecule has 2 heterocycles. The van der Waals surface area contributed by atoms with Gasteiger partial charge in [0.1, 0.15) is 6.10 Å². The second-order valence-electron chi connectivity index (χ2n) is 5.11. The van der Waals surface area contributed by atoms with Gasteiger partial charge in [0.25, 0.3) is 5.91 Å². The Hall–Kier alpha value is -0.650. The summed E-state index contributed by atoms with van der Waals surface area (Å²) in [6.45, 7) is 6.16. The first-order valence-electron chi connectivity index (χ1n) is 7.18. The lowest BCUT2D eigenvalue weighted by Crippen LogP contribution is -2.49. The fraction of sp³-hybridized carbons (Fsp3) is 0.923. The summed E-state index contributed by atoms with van der Waals surface area (Å²) in [4.78, 5) is 14.3. The largest absolute Gasteiger partial charge is 0.366 e. The van der Waals surface area contributed by atoms with Gasteiger partial charge in [-0.2, -0.15) is 0 Å². The van der Waals surface area contributed by atoms with Crippen LogP contribution in [0, 0.1) is 0 Å². The number of ether oxygens (including phenoxy) is 1. The van der Waals surface area contributed by atoms with E-state index in [-0.39, 0.29) is 12.0 Å². The zero-order valence-corrected chi connectivity index (χ0v) is 11.1. The molecule has 2 aliphatic heterocycles. The highest BCUT2D eigenvalue weighted by atomic mass is 16.5. The summed E-state index contributed by atoms with van der Waals surface area (Å²) >= 11 is 0. The van der Waals surface area contributed by atoms with E-state index >= 15 is 0 Å². The Kier molecular flexibility index (Phi) is 5.90. The van der Waals surface area contributed by atoms with E-state index in [9.17, 15) is 4.79 Å². The van der Waals surface area contributed by atoms with Crippen LogP contribution in [0.25, 0.3) is 0 Å². The topological polar surface area (TPSA) is 53.6 Å². The highest BCUT2D eigenvalue weighted by Crippen LogP contribution is 2.08. The number of hydrogen-bond donors (Lipinski definition) is 2. The van der Waals surface area contributed by atoms with Crippen LogP contribution in [0.5, 0.6) is 0 Å². The molecule has 0 radical (unpaired) electrons. The Bertz CT molecular complexity index is 247. The lowest BCUT2D eigenvalue weighted by atomic mass is 10.2. The van der Waals surface area contributed by atoms with Crippen molar-refractivity contribution in [2.45, 2.75) is 31.8 Å². The van der Waals surface area contributed by atoms with Gasteiger partial charge in [-0.25, -0.2) is 0 Å². The molecule has 104 valence electrons. The molecule has 0 aromatic rings. The van der Waals surface area contributed by atoms with E-state index in [0.29, 0.717) is 13.2 Å². The molecule has 2 fully saturated rings. The van der Waals surface area contributed by atoms with E-state index in [4.69, 9.17) is 4.74 Å². The van der Waals surface area contributed by atoms with Gasteiger partial charge < -0.3 is 20.3 Å². The molecule has 0 spiro atoms. The Morgan fingerprint density at radius 2 is 2.06 bits per heavy atom. The second kappa shape index (κ2) is 7.71. The Balaban J connectivity index is 1.60. The number of carbonyl (C=O) groups excluding carboxylic acids is 1. The lowest BCUT2D eigenvalue weighted by Gasteiger charge is -2.24. The molecule has 5 heteroatoms. The minimum Gasteiger partial charge on any atom is -0.366 e. The van der Waals surface area contributed by atoms with Crippen molar-refractivity contribution in [3.8, 4) is 0 Å². The molecule has 2 N–H and O–H groups in total. The molecule has 2 saturated heterocycles. The number of carbonyl (C=O) groups is 1. The van der Waals surface area contributed by atoms with Gasteiger partial charge in [0, 0.05) is 26.2 Å². The van der Waals surface area contributed by atoms with Gasteiger partial charge >= 0.3 is 0 Å². The van der Waals surface area contributed by atoms with Crippen LogP contribution in [-0.2, 0) is 9.53 Å². The summed E-state index contributed by atoms with van der Waals surface area (Å²) in [5, 5.41) is 6.14. The molecule has 1 unspecified atom stereocenters. The molecule has 1 amide bonds. The van der Waals surface area contributed by atoms with E-state index in [1.165, 1.54) is 38.8 Å². The minimum absolute atomic E-state index is 0.0250. The maximum Gasteiger partial charge on any atom is 0.250 e. The van der Waals surface area contributed by atoms with Crippen LogP contribution in [0.15, 0.2) is 0 Å². The van der Waals surface area contributed by atoms with Crippen molar-refractivity contribution >= 4 is 5.91 Å². The van der Waals surface area contributed by atoms with E-state index in [0.717, 1.165) is 19.6 Å². The number of hydrogen-bond acceptors (Lipinski definition) is 4. The van der Waals surface area contributed by atoms with Crippen LogP contribution < -0.4 is 10.6 Å².